The fraction of sp³-hybridized carbons (Fsp3) is 0. The number of nitrogens with zero attached hydrogens (tertiary/aromatic N) is 3. The van der Waals surface area contributed by atoms with Crippen LogP contribution in [0.2, 0.25) is 0 Å². The molecule has 0 bridgehead atoms. The monoisotopic (exact) mass is 783 g/mol. The normalized spacial score (nSPS) is 11.7. The first-order chi connectivity index (χ1) is 29.7. The maximum absolute atomic E-state index is 6.71. The number of benzene rings is 8. The average Bonchev–Trinajstić information content (AvgIpc) is 3.90. The highest BCUT2D eigenvalue weighted by atomic mass is 32.1. The predicted molar refractivity (Wildman–Crippen MR) is 250 cm³/mol. The smallest absolute Gasteiger partial charge is 0.160 e. The lowest BCUT2D eigenvalue weighted by Gasteiger charge is -2.12. The number of thiophene rings is 1. The maximum atomic E-state index is 6.71. The van der Waals surface area contributed by atoms with E-state index in [4.69, 9.17) is 14.4 Å². The molecule has 0 aliphatic heterocycles. The molecule has 0 aliphatic rings. The van der Waals surface area contributed by atoms with Gasteiger partial charge < -0.3 is 4.42 Å². The average molecular weight is 784 g/mol. The van der Waals surface area contributed by atoms with Crippen molar-refractivity contribution in [3.8, 4) is 67.3 Å². The molecule has 8 aromatic carbocycles. The number of furan rings is 1. The van der Waals surface area contributed by atoms with E-state index in [1.165, 1.54) is 20.2 Å². The van der Waals surface area contributed by atoms with E-state index in [-0.39, 0.29) is 0 Å². The van der Waals surface area contributed by atoms with Crippen molar-refractivity contribution in [1.29, 1.82) is 0 Å². The summed E-state index contributed by atoms with van der Waals surface area (Å²) in [5, 5.41) is 5.94. The van der Waals surface area contributed by atoms with E-state index < -0.39 is 0 Å². The van der Waals surface area contributed by atoms with Crippen LogP contribution in [0.4, 0.5) is 0 Å². The lowest BCUT2D eigenvalue weighted by atomic mass is 9.93. The van der Waals surface area contributed by atoms with Crippen molar-refractivity contribution >= 4 is 64.4 Å². The highest BCUT2D eigenvalue weighted by Crippen LogP contribution is 2.44. The first-order valence-electron chi connectivity index (χ1n) is 20.1. The molecule has 0 atom stereocenters. The summed E-state index contributed by atoms with van der Waals surface area (Å²) in [5.74, 6) is 0.678. The molecule has 0 radical (unpaired) electrons. The summed E-state index contributed by atoms with van der Waals surface area (Å²) in [6.07, 6.45) is 1.84. The minimum atomic E-state index is 0.678. The molecule has 4 aromatic heterocycles. The molecule has 12 rings (SSSR count). The second kappa shape index (κ2) is 14.0. The van der Waals surface area contributed by atoms with E-state index in [2.05, 4.69) is 169 Å². The van der Waals surface area contributed by atoms with Crippen LogP contribution in [0.1, 0.15) is 0 Å². The molecular weight excluding hydrogens is 751 g/mol. The third kappa shape index (κ3) is 5.78. The molecule has 4 nitrogen and oxygen atoms in total. The van der Waals surface area contributed by atoms with E-state index in [0.29, 0.717) is 5.82 Å². The van der Waals surface area contributed by atoms with Crippen LogP contribution >= 0.6 is 11.3 Å². The summed E-state index contributed by atoms with van der Waals surface area (Å²) < 4.78 is 9.29. The largest absolute Gasteiger partial charge is 0.455 e. The van der Waals surface area contributed by atoms with E-state index in [9.17, 15) is 0 Å². The molecule has 0 saturated carbocycles. The molecule has 0 spiro atoms. The van der Waals surface area contributed by atoms with Crippen LogP contribution in [-0.2, 0) is 0 Å². The van der Waals surface area contributed by atoms with Crippen molar-refractivity contribution in [1.82, 2.24) is 15.0 Å². The molecule has 280 valence electrons. The minimum Gasteiger partial charge on any atom is -0.455 e. The summed E-state index contributed by atoms with van der Waals surface area (Å²) in [5.41, 5.74) is 14.2. The van der Waals surface area contributed by atoms with Gasteiger partial charge >= 0.3 is 0 Å². The molecule has 0 unspecified atom stereocenters. The number of fused-ring (bicyclic) bond motifs is 7. The van der Waals surface area contributed by atoms with Gasteiger partial charge in [0.25, 0.3) is 0 Å². The minimum absolute atomic E-state index is 0.678. The predicted octanol–water partition coefficient (Wildman–Crippen LogP) is 15.3. The van der Waals surface area contributed by atoms with Crippen molar-refractivity contribution in [2.45, 2.75) is 0 Å². The van der Waals surface area contributed by atoms with Crippen molar-refractivity contribution in [3.63, 3.8) is 0 Å². The molecule has 4 heterocycles. The molecule has 0 N–H and O–H groups in total. The zero-order valence-corrected chi connectivity index (χ0v) is 33.0. The second-order valence-electron chi connectivity index (χ2n) is 15.1. The topological polar surface area (TPSA) is 51.8 Å². The van der Waals surface area contributed by atoms with Crippen LogP contribution in [0.25, 0.3) is 120 Å². The summed E-state index contributed by atoms with van der Waals surface area (Å²) >= 11 is 1.84. The molecular formula is C55H33N3OS. The van der Waals surface area contributed by atoms with Crippen LogP contribution < -0.4 is 0 Å². The van der Waals surface area contributed by atoms with Crippen molar-refractivity contribution in [3.05, 3.63) is 200 Å². The fourth-order valence-electron chi connectivity index (χ4n) is 8.65. The number of aromatic nitrogens is 3. The number of hydrogen-bond donors (Lipinski definition) is 0. The van der Waals surface area contributed by atoms with Crippen LogP contribution in [-0.4, -0.2) is 15.0 Å². The lowest BCUT2D eigenvalue weighted by molar-refractivity contribution is 0.670. The highest BCUT2D eigenvalue weighted by Gasteiger charge is 2.19. The summed E-state index contributed by atoms with van der Waals surface area (Å²) in [6, 6.07) is 68.3. The number of hydrogen-bond acceptors (Lipinski definition) is 5. The fourth-order valence-corrected chi connectivity index (χ4v) is 9.79. The number of pyridine rings is 1. The van der Waals surface area contributed by atoms with Gasteiger partial charge in [-0.3, -0.25) is 4.98 Å². The number of para-hydroxylation sites is 1. The van der Waals surface area contributed by atoms with Gasteiger partial charge in [-0.25, -0.2) is 9.97 Å². The maximum Gasteiger partial charge on any atom is 0.160 e. The van der Waals surface area contributed by atoms with E-state index in [1.54, 1.807) is 0 Å². The molecule has 5 heteroatoms. The summed E-state index contributed by atoms with van der Waals surface area (Å²) in [6.45, 7) is 0. The van der Waals surface area contributed by atoms with Gasteiger partial charge in [0.05, 0.1) is 16.9 Å². The Morgan fingerprint density at radius 3 is 1.85 bits per heavy atom. The van der Waals surface area contributed by atoms with Crippen LogP contribution in [0, 0.1) is 0 Å². The van der Waals surface area contributed by atoms with Gasteiger partial charge in [0, 0.05) is 64.8 Å². The summed E-state index contributed by atoms with van der Waals surface area (Å²) in [7, 11) is 0. The van der Waals surface area contributed by atoms with Crippen molar-refractivity contribution < 1.29 is 4.42 Å². The van der Waals surface area contributed by atoms with Gasteiger partial charge in [-0.05, 0) is 70.3 Å². The lowest BCUT2D eigenvalue weighted by Crippen LogP contribution is -1.96. The Bertz CT molecular complexity index is 3580. The van der Waals surface area contributed by atoms with Gasteiger partial charge in [-0.15, -0.1) is 11.3 Å². The Morgan fingerprint density at radius 1 is 0.383 bits per heavy atom. The van der Waals surface area contributed by atoms with Crippen LogP contribution in [0.15, 0.2) is 205 Å². The first kappa shape index (κ1) is 34.3. The van der Waals surface area contributed by atoms with Crippen molar-refractivity contribution in [2.24, 2.45) is 0 Å². The third-order valence-electron chi connectivity index (χ3n) is 11.6. The molecule has 0 amide bonds. The SMILES string of the molecule is c1ccc(-c2cc(-c3ccc(-c4ccc(-c5ccc6c(c5)sc5ccccc56)c5oc6ccccc6c45)cc3)nc(-c3ccc(-c4cccc5ncccc45)cc3)n2)cc1. The van der Waals surface area contributed by atoms with E-state index in [1.807, 2.05) is 47.9 Å². The highest BCUT2D eigenvalue weighted by molar-refractivity contribution is 7.25. The molecule has 0 saturated heterocycles. The van der Waals surface area contributed by atoms with Gasteiger partial charge in [0.15, 0.2) is 5.82 Å². The van der Waals surface area contributed by atoms with Crippen molar-refractivity contribution in [2.75, 3.05) is 0 Å². The standard InChI is InChI=1S/C55H33N3OS/c1-2-10-36(11-3-1)48-33-49(58-55(57-48)38-25-21-34(22-26-38)40-14-8-16-47-43(40)15-9-31-56-47)37-23-19-35(20-24-37)41-29-30-42(54-53(41)46-13-4-6-17-50(46)59-54)39-27-28-45-44-12-5-7-18-51(44)60-52(45)32-39/h1-33H. The van der Waals surface area contributed by atoms with E-state index >= 15 is 0 Å². The molecule has 60 heavy (non-hydrogen) atoms. The van der Waals surface area contributed by atoms with Gasteiger partial charge in [0.1, 0.15) is 11.2 Å². The van der Waals surface area contributed by atoms with Crippen LogP contribution in [0.3, 0.4) is 0 Å². The molecule has 12 aromatic rings. The Balaban J connectivity index is 0.939. The van der Waals surface area contributed by atoms with Crippen LogP contribution in [0.5, 0.6) is 0 Å². The quantitative estimate of drug-likeness (QED) is 0.169. The Labute approximate surface area is 349 Å². The third-order valence-corrected chi connectivity index (χ3v) is 12.7. The Morgan fingerprint density at radius 2 is 1.02 bits per heavy atom. The first-order valence-corrected chi connectivity index (χ1v) is 20.9. The molecule has 0 aliphatic carbocycles. The second-order valence-corrected chi connectivity index (χ2v) is 16.2. The molecule has 0 fully saturated rings. The van der Waals surface area contributed by atoms with Gasteiger partial charge in [0.2, 0.25) is 0 Å². The van der Waals surface area contributed by atoms with Gasteiger partial charge in [-0.2, -0.15) is 0 Å². The van der Waals surface area contributed by atoms with Gasteiger partial charge in [-0.1, -0.05) is 152 Å². The number of rotatable bonds is 6. The Hall–Kier alpha value is -7.73. The Kier molecular flexibility index (Phi) is 8.00. The summed E-state index contributed by atoms with van der Waals surface area (Å²) in [4.78, 5) is 14.8. The van der Waals surface area contributed by atoms with E-state index in [0.717, 1.165) is 94.3 Å². The zero-order chi connectivity index (χ0) is 39.6. The zero-order valence-electron chi connectivity index (χ0n) is 32.2.